The zero-order valence-corrected chi connectivity index (χ0v) is 24.1. The maximum Gasteiger partial charge on any atom is 0.121 e. The molecule has 0 aliphatic carbocycles. The fourth-order valence-corrected chi connectivity index (χ4v) is 4.96. The molecule has 1 aromatic heterocycles. The molecule has 0 amide bonds. The topological polar surface area (TPSA) is 39.5 Å². The summed E-state index contributed by atoms with van der Waals surface area (Å²) in [5, 5.41) is 0. The molecule has 0 radical (unpaired) electrons. The Balaban J connectivity index is 1.34. The second-order valence-electron chi connectivity index (χ2n) is 10.1. The zero-order chi connectivity index (χ0) is 27.3. The lowest BCUT2D eigenvalue weighted by Crippen LogP contribution is -2.25. The predicted octanol–water partition coefficient (Wildman–Crippen LogP) is 7.35. The van der Waals surface area contributed by atoms with Gasteiger partial charge >= 0.3 is 0 Å². The molecule has 0 fully saturated rings. The fraction of sp³-hybridized carbons (Fsp3) is 0.441. The highest BCUT2D eigenvalue weighted by atomic mass is 16.5. The number of aryl methyl sites for hydroxylation is 3. The van der Waals surface area contributed by atoms with Crippen LogP contribution in [0.4, 0.5) is 0 Å². The van der Waals surface area contributed by atoms with Crippen LogP contribution in [0, 0.1) is 0 Å². The summed E-state index contributed by atoms with van der Waals surface area (Å²) in [6, 6.07) is 25.4. The molecule has 3 aromatic carbocycles. The van der Waals surface area contributed by atoms with Gasteiger partial charge in [0.2, 0.25) is 0 Å². The van der Waals surface area contributed by atoms with E-state index in [9.17, 15) is 0 Å². The van der Waals surface area contributed by atoms with Crippen LogP contribution in [0.25, 0.3) is 11.0 Å². The first kappa shape index (κ1) is 28.7. The van der Waals surface area contributed by atoms with E-state index in [0.717, 1.165) is 94.2 Å². The first-order chi connectivity index (χ1) is 19.2. The van der Waals surface area contributed by atoms with Gasteiger partial charge in [-0.3, -0.25) is 0 Å². The van der Waals surface area contributed by atoms with E-state index in [4.69, 9.17) is 14.5 Å². The normalized spacial score (nSPS) is 11.4. The van der Waals surface area contributed by atoms with Crippen molar-refractivity contribution in [3.05, 3.63) is 89.7 Å². The third-order valence-electron chi connectivity index (χ3n) is 7.38. The van der Waals surface area contributed by atoms with Crippen LogP contribution >= 0.6 is 0 Å². The Hall–Kier alpha value is -3.31. The summed E-state index contributed by atoms with van der Waals surface area (Å²) < 4.78 is 14.5. The van der Waals surface area contributed by atoms with E-state index in [1.54, 1.807) is 0 Å². The molecule has 4 rings (SSSR count). The number of fused-ring (bicyclic) bond motifs is 1. The van der Waals surface area contributed by atoms with Gasteiger partial charge in [0.1, 0.15) is 17.3 Å². The molecule has 1 heterocycles. The SMILES string of the molecule is CCCCn1c(CCc2ccc(OCCc3ccccc3)cc2)nc2ccc(OCCCN(CC)CC)cc21. The van der Waals surface area contributed by atoms with Crippen molar-refractivity contribution in [2.45, 2.75) is 65.8 Å². The number of hydrogen-bond donors (Lipinski definition) is 0. The van der Waals surface area contributed by atoms with Gasteiger partial charge in [0.05, 0.1) is 24.2 Å². The van der Waals surface area contributed by atoms with Gasteiger partial charge in [-0.2, -0.15) is 0 Å². The van der Waals surface area contributed by atoms with E-state index in [0.29, 0.717) is 6.61 Å². The summed E-state index contributed by atoms with van der Waals surface area (Å²) in [6.07, 6.45) is 6.12. The van der Waals surface area contributed by atoms with Gasteiger partial charge in [-0.1, -0.05) is 69.7 Å². The number of benzene rings is 3. The highest BCUT2D eigenvalue weighted by molar-refractivity contribution is 5.78. The smallest absolute Gasteiger partial charge is 0.121 e. The highest BCUT2D eigenvalue weighted by Gasteiger charge is 2.12. The van der Waals surface area contributed by atoms with Gasteiger partial charge in [0.15, 0.2) is 0 Å². The van der Waals surface area contributed by atoms with Crippen LogP contribution in [0.3, 0.4) is 0 Å². The maximum absolute atomic E-state index is 6.14. The Bertz CT molecular complexity index is 1250. The molecule has 0 atom stereocenters. The number of unbranched alkanes of at least 4 members (excludes halogenated alkanes) is 1. The molecule has 0 spiro atoms. The molecule has 0 aliphatic rings. The quantitative estimate of drug-likeness (QED) is 0.135. The lowest BCUT2D eigenvalue weighted by molar-refractivity contribution is 0.249. The van der Waals surface area contributed by atoms with Crippen LogP contribution < -0.4 is 9.47 Å². The minimum atomic E-state index is 0.687. The number of hydrogen-bond acceptors (Lipinski definition) is 4. The lowest BCUT2D eigenvalue weighted by atomic mass is 10.1. The van der Waals surface area contributed by atoms with E-state index < -0.39 is 0 Å². The Morgan fingerprint density at radius 3 is 2.18 bits per heavy atom. The molecular weight excluding hydrogens is 482 g/mol. The summed E-state index contributed by atoms with van der Waals surface area (Å²) in [7, 11) is 0. The molecular formula is C34H45N3O2. The average molecular weight is 528 g/mol. The van der Waals surface area contributed by atoms with E-state index in [2.05, 4.69) is 97.0 Å². The van der Waals surface area contributed by atoms with Crippen LogP contribution in [-0.4, -0.2) is 47.3 Å². The molecule has 39 heavy (non-hydrogen) atoms. The van der Waals surface area contributed by atoms with Crippen molar-refractivity contribution in [2.75, 3.05) is 32.8 Å². The number of ether oxygens (including phenoxy) is 2. The second-order valence-corrected chi connectivity index (χ2v) is 10.1. The van der Waals surface area contributed by atoms with Crippen molar-refractivity contribution < 1.29 is 9.47 Å². The van der Waals surface area contributed by atoms with Gasteiger partial charge in [0, 0.05) is 32.0 Å². The maximum atomic E-state index is 6.14. The molecule has 0 saturated carbocycles. The van der Waals surface area contributed by atoms with E-state index >= 15 is 0 Å². The lowest BCUT2D eigenvalue weighted by Gasteiger charge is -2.17. The minimum Gasteiger partial charge on any atom is -0.493 e. The average Bonchev–Trinajstić information content (AvgIpc) is 3.32. The van der Waals surface area contributed by atoms with E-state index in [-0.39, 0.29) is 0 Å². The van der Waals surface area contributed by atoms with Crippen LogP contribution in [0.1, 0.15) is 57.0 Å². The summed E-state index contributed by atoms with van der Waals surface area (Å²) in [4.78, 5) is 7.46. The third kappa shape index (κ3) is 8.59. The van der Waals surface area contributed by atoms with Crippen molar-refractivity contribution in [1.82, 2.24) is 14.5 Å². The largest absolute Gasteiger partial charge is 0.493 e. The number of nitrogens with zero attached hydrogens (tertiary/aromatic N) is 3. The number of imidazole rings is 1. The molecule has 4 aromatic rings. The number of rotatable bonds is 17. The van der Waals surface area contributed by atoms with Gasteiger partial charge in [-0.25, -0.2) is 4.98 Å². The molecule has 0 saturated heterocycles. The molecule has 0 bridgehead atoms. The third-order valence-corrected chi connectivity index (χ3v) is 7.38. The van der Waals surface area contributed by atoms with Crippen molar-refractivity contribution in [3.63, 3.8) is 0 Å². The summed E-state index contributed by atoms with van der Waals surface area (Å²) in [5.41, 5.74) is 4.84. The Kier molecular flexibility index (Phi) is 11.3. The van der Waals surface area contributed by atoms with Gasteiger partial charge in [-0.15, -0.1) is 0 Å². The van der Waals surface area contributed by atoms with Crippen LogP contribution in [0.15, 0.2) is 72.8 Å². The standard InChI is InChI=1S/C34H45N3O2/c1-4-7-24-37-33-27-31(38-25-11-23-36(5-2)6-3)19-20-32(33)35-34(37)21-16-29-14-17-30(18-15-29)39-26-22-28-12-9-8-10-13-28/h8-10,12-15,17-20,27H,4-7,11,16,21-26H2,1-3H3. The molecule has 208 valence electrons. The Morgan fingerprint density at radius 1 is 0.718 bits per heavy atom. The summed E-state index contributed by atoms with van der Waals surface area (Å²) >= 11 is 0. The van der Waals surface area contributed by atoms with Crippen LogP contribution in [0.2, 0.25) is 0 Å². The first-order valence-electron chi connectivity index (χ1n) is 14.8. The molecule has 0 N–H and O–H groups in total. The summed E-state index contributed by atoms with van der Waals surface area (Å²) in [5.74, 6) is 3.02. The van der Waals surface area contributed by atoms with Crippen molar-refractivity contribution in [3.8, 4) is 11.5 Å². The van der Waals surface area contributed by atoms with E-state index in [1.807, 2.05) is 6.07 Å². The first-order valence-corrected chi connectivity index (χ1v) is 14.8. The summed E-state index contributed by atoms with van der Waals surface area (Å²) in [6.45, 7) is 12.3. The monoisotopic (exact) mass is 527 g/mol. The molecule has 0 aliphatic heterocycles. The molecule has 5 heteroatoms. The van der Waals surface area contributed by atoms with Crippen molar-refractivity contribution in [1.29, 1.82) is 0 Å². The van der Waals surface area contributed by atoms with Crippen molar-refractivity contribution in [2.24, 2.45) is 0 Å². The van der Waals surface area contributed by atoms with Gasteiger partial charge in [-0.05, 0) is 67.7 Å². The zero-order valence-electron chi connectivity index (χ0n) is 24.1. The second kappa shape index (κ2) is 15.3. The predicted molar refractivity (Wildman–Crippen MR) is 162 cm³/mol. The Labute approximate surface area is 234 Å². The minimum absolute atomic E-state index is 0.687. The van der Waals surface area contributed by atoms with Crippen molar-refractivity contribution >= 4 is 11.0 Å². The Morgan fingerprint density at radius 2 is 1.44 bits per heavy atom. The van der Waals surface area contributed by atoms with E-state index in [1.165, 1.54) is 16.6 Å². The highest BCUT2D eigenvalue weighted by Crippen LogP contribution is 2.24. The van der Waals surface area contributed by atoms with Crippen LogP contribution in [-0.2, 0) is 25.8 Å². The fourth-order valence-electron chi connectivity index (χ4n) is 4.96. The van der Waals surface area contributed by atoms with Crippen LogP contribution in [0.5, 0.6) is 11.5 Å². The van der Waals surface area contributed by atoms with Gasteiger partial charge in [0.25, 0.3) is 0 Å². The molecule has 5 nitrogen and oxygen atoms in total. The van der Waals surface area contributed by atoms with Gasteiger partial charge < -0.3 is 18.9 Å². The number of aromatic nitrogens is 2. The molecule has 0 unspecified atom stereocenters.